The molecule has 0 saturated carbocycles. The van der Waals surface area contributed by atoms with Crippen LogP contribution in [0.2, 0.25) is 38.3 Å². The number of ketones is 1. The Hall–Kier alpha value is -4.00. The van der Waals surface area contributed by atoms with Crippen molar-refractivity contribution in [1.29, 1.82) is 0 Å². The van der Waals surface area contributed by atoms with Crippen molar-refractivity contribution in [3.63, 3.8) is 0 Å². The van der Waals surface area contributed by atoms with Gasteiger partial charge in [-0.25, -0.2) is 4.79 Å². The van der Waals surface area contributed by atoms with Crippen LogP contribution in [-0.4, -0.2) is 44.8 Å². The van der Waals surface area contributed by atoms with Gasteiger partial charge in [-0.1, -0.05) is 94.1 Å². The fraction of sp³-hybridized carbons (Fsp3) is 0.458. The van der Waals surface area contributed by atoms with E-state index in [9.17, 15) is 27.9 Å². The number of carboxylic acid groups (broad SMARTS) is 1. The lowest BCUT2D eigenvalue weighted by molar-refractivity contribution is -0.173. The first kappa shape index (κ1) is 50.1. The first-order valence-corrected chi connectivity index (χ1v) is 26.6. The number of rotatable bonds is 14. The molecule has 1 unspecified atom stereocenters. The highest BCUT2D eigenvalue weighted by Crippen LogP contribution is 2.47. The molecule has 0 aliphatic carbocycles. The van der Waals surface area contributed by atoms with E-state index < -0.39 is 34.2 Å². The van der Waals surface area contributed by atoms with Gasteiger partial charge in [0.2, 0.25) is 0 Å². The molecule has 4 aromatic carbocycles. The van der Waals surface area contributed by atoms with Gasteiger partial charge in [0.1, 0.15) is 11.2 Å². The minimum absolute atomic E-state index is 0.00615. The van der Waals surface area contributed by atoms with Crippen molar-refractivity contribution in [2.75, 3.05) is 0 Å². The van der Waals surface area contributed by atoms with Crippen molar-refractivity contribution >= 4 is 28.4 Å². The number of phenols is 1. The summed E-state index contributed by atoms with van der Waals surface area (Å²) >= 11 is 0. The largest absolute Gasteiger partial charge is 0.508 e. The number of aromatic hydroxyl groups is 1. The molecule has 0 spiro atoms. The van der Waals surface area contributed by atoms with E-state index in [0.29, 0.717) is 17.5 Å². The summed E-state index contributed by atoms with van der Waals surface area (Å²) in [7, 11) is -2.70. The lowest BCUT2D eigenvalue weighted by atomic mass is 9.74. The number of carbonyl (C=O) groups excluding carboxylic acids is 1. The Morgan fingerprint density at radius 2 is 1.07 bits per heavy atom. The molecule has 0 aromatic heterocycles. The summed E-state index contributed by atoms with van der Waals surface area (Å²) in [6, 6.07) is 22.8. The number of hydrogen-bond donors (Lipinski definition) is 2. The first-order valence-electron chi connectivity index (χ1n) is 20.4. The lowest BCUT2D eigenvalue weighted by Crippen LogP contribution is -2.44. The second-order valence-corrected chi connectivity index (χ2v) is 25.9. The smallest absolute Gasteiger partial charge is 0.402 e. The Kier molecular flexibility index (Phi) is 18.4. The predicted molar refractivity (Wildman–Crippen MR) is 239 cm³/mol. The maximum absolute atomic E-state index is 13.9. The summed E-state index contributed by atoms with van der Waals surface area (Å²) < 4.78 is 48.1. The Morgan fingerprint density at radius 1 is 0.638 bits per heavy atom. The van der Waals surface area contributed by atoms with Crippen molar-refractivity contribution in [2.45, 2.75) is 144 Å². The van der Waals surface area contributed by atoms with E-state index in [1.54, 1.807) is 45.9 Å². The van der Waals surface area contributed by atoms with Crippen molar-refractivity contribution in [1.82, 2.24) is 0 Å². The Balaban J connectivity index is 0.000000307. The molecular weight excluding hydrogens is 770 g/mol. The highest BCUT2D eigenvalue weighted by atomic mass is 28.4. The predicted octanol–water partition coefficient (Wildman–Crippen LogP) is 14.0. The fourth-order valence-electron chi connectivity index (χ4n) is 6.97. The molecule has 5 nitrogen and oxygen atoms in total. The third-order valence-corrected chi connectivity index (χ3v) is 18.4. The SMILES string of the molecule is CC(=O)c1cc(Cc2ccc(C)c(C(=O)O)c2)ccc1C.CCCC[Si](C)(C)O[Si](C)(C)CCCC.Cc1ccc(C(C)(c2ccc(O)c(C)c2)C(F)(F)F)cc1C. The van der Waals surface area contributed by atoms with Crippen LogP contribution < -0.4 is 0 Å². The molecule has 58 heavy (non-hydrogen) atoms. The Bertz CT molecular complexity index is 1870. The van der Waals surface area contributed by atoms with Crippen LogP contribution in [-0.2, 0) is 16.0 Å². The fourth-order valence-corrected chi connectivity index (χ4v) is 16.2. The topological polar surface area (TPSA) is 83.8 Å². The van der Waals surface area contributed by atoms with E-state index in [1.165, 1.54) is 69.0 Å². The molecule has 0 heterocycles. The Labute approximate surface area is 348 Å². The number of hydrogen-bond acceptors (Lipinski definition) is 4. The summed E-state index contributed by atoms with van der Waals surface area (Å²) in [6.45, 7) is 25.8. The maximum Gasteiger partial charge on any atom is 0.402 e. The van der Waals surface area contributed by atoms with Crippen molar-refractivity contribution in [3.05, 3.63) is 134 Å². The van der Waals surface area contributed by atoms with Gasteiger partial charge in [-0.3, -0.25) is 4.79 Å². The summed E-state index contributed by atoms with van der Waals surface area (Å²) in [5.74, 6) is -0.875. The molecule has 1 atom stereocenters. The molecule has 0 radical (unpaired) electrons. The molecule has 318 valence electrons. The van der Waals surface area contributed by atoms with E-state index in [4.69, 9.17) is 9.22 Å². The second kappa shape index (κ2) is 21.3. The van der Waals surface area contributed by atoms with E-state index in [1.807, 2.05) is 44.2 Å². The molecule has 0 aliphatic heterocycles. The van der Waals surface area contributed by atoms with Crippen LogP contribution in [0.5, 0.6) is 5.75 Å². The van der Waals surface area contributed by atoms with Crippen LogP contribution in [0.1, 0.15) is 124 Å². The van der Waals surface area contributed by atoms with Gasteiger partial charge in [-0.05, 0) is 161 Å². The maximum atomic E-state index is 13.9. The van der Waals surface area contributed by atoms with Gasteiger partial charge in [0.15, 0.2) is 22.4 Å². The van der Waals surface area contributed by atoms with E-state index in [0.717, 1.165) is 38.9 Å². The lowest BCUT2D eigenvalue weighted by Gasteiger charge is -2.34. The monoisotopic (exact) mass is 836 g/mol. The van der Waals surface area contributed by atoms with E-state index in [2.05, 4.69) is 40.0 Å². The van der Waals surface area contributed by atoms with Crippen LogP contribution in [0.15, 0.2) is 72.8 Å². The van der Waals surface area contributed by atoms with Crippen LogP contribution >= 0.6 is 0 Å². The molecule has 0 fully saturated rings. The van der Waals surface area contributed by atoms with Crippen LogP contribution in [0.4, 0.5) is 13.2 Å². The number of aromatic carboxylic acids is 1. The number of unbranched alkanes of at least 4 members (excludes halogenated alkanes) is 2. The van der Waals surface area contributed by atoms with Gasteiger partial charge in [0.25, 0.3) is 0 Å². The number of alkyl halides is 3. The average molecular weight is 837 g/mol. The number of carbonyl (C=O) groups is 2. The molecule has 0 aliphatic rings. The molecule has 0 saturated heterocycles. The van der Waals surface area contributed by atoms with Crippen LogP contribution in [0.25, 0.3) is 0 Å². The number of halogens is 3. The number of phenolic OH excluding ortho intramolecular Hbond substituents is 1. The number of Topliss-reactive ketones (excluding diaryl/α,β-unsaturated/α-hetero) is 1. The Morgan fingerprint density at radius 3 is 1.48 bits per heavy atom. The molecule has 4 aromatic rings. The minimum atomic E-state index is -4.45. The zero-order chi connectivity index (χ0) is 44.2. The molecule has 0 amide bonds. The van der Waals surface area contributed by atoms with Gasteiger partial charge >= 0.3 is 12.1 Å². The standard InChI is InChI=1S/C18H19F3O.C18H18O3.C12H30OSi2/c1-11-5-6-14(9-12(11)2)17(4,18(19,20)21)15-7-8-16(22)13(3)10-15;1-11-4-6-14(9-16(11)13(3)19)8-15-7-5-12(2)17(10-15)18(20)21;1-7-9-11-14(3,4)13-15(5,6)12-10-8-2/h5-10,22H,1-4H3;4-7,9-10H,8H2,1-3H3,(H,20,21);7-12H2,1-6H3. The van der Waals surface area contributed by atoms with Crippen molar-refractivity contribution in [3.8, 4) is 5.75 Å². The highest BCUT2D eigenvalue weighted by Gasteiger charge is 2.53. The zero-order valence-electron chi connectivity index (χ0n) is 37.1. The average Bonchev–Trinajstić information content (AvgIpc) is 3.13. The summed E-state index contributed by atoms with van der Waals surface area (Å²) in [4.78, 5) is 22.8. The normalized spacial score (nSPS) is 12.8. The summed E-state index contributed by atoms with van der Waals surface area (Å²) in [5.41, 5.74) is 5.10. The second-order valence-electron chi connectivity index (χ2n) is 17.1. The van der Waals surface area contributed by atoms with Crippen LogP contribution in [0.3, 0.4) is 0 Å². The number of benzene rings is 4. The molecular formula is C48H67F3O5Si2. The van der Waals surface area contributed by atoms with Crippen molar-refractivity contribution in [2.24, 2.45) is 0 Å². The van der Waals surface area contributed by atoms with Gasteiger partial charge < -0.3 is 14.3 Å². The molecule has 2 N–H and O–H groups in total. The van der Waals surface area contributed by atoms with E-state index in [-0.39, 0.29) is 22.7 Å². The number of carboxylic acids is 1. The van der Waals surface area contributed by atoms with Gasteiger partial charge in [0, 0.05) is 5.56 Å². The van der Waals surface area contributed by atoms with Gasteiger partial charge in [0.05, 0.1) is 5.56 Å². The number of aryl methyl sites for hydroxylation is 5. The third-order valence-electron chi connectivity index (χ3n) is 10.9. The first-order chi connectivity index (χ1) is 26.8. The summed E-state index contributed by atoms with van der Waals surface area (Å²) in [5, 5.41) is 18.7. The molecule has 4 rings (SSSR count). The minimum Gasteiger partial charge on any atom is -0.508 e. The van der Waals surface area contributed by atoms with Crippen molar-refractivity contribution < 1.29 is 37.1 Å². The molecule has 0 bridgehead atoms. The third kappa shape index (κ3) is 14.4. The molecule has 10 heteroatoms. The van der Waals surface area contributed by atoms with Gasteiger partial charge in [-0.2, -0.15) is 13.2 Å². The summed E-state index contributed by atoms with van der Waals surface area (Å²) in [6.07, 6.45) is 1.46. The zero-order valence-corrected chi connectivity index (χ0v) is 39.1. The van der Waals surface area contributed by atoms with E-state index >= 15 is 0 Å². The van der Waals surface area contributed by atoms with Gasteiger partial charge in [-0.15, -0.1) is 0 Å². The quantitative estimate of drug-likeness (QED) is 0.0976. The highest BCUT2D eigenvalue weighted by molar-refractivity contribution is 6.84. The van der Waals surface area contributed by atoms with Crippen LogP contribution in [0, 0.1) is 34.6 Å².